The van der Waals surface area contributed by atoms with Gasteiger partial charge in [-0.3, -0.25) is 0 Å². The molecule has 1 fully saturated rings. The van der Waals surface area contributed by atoms with Gasteiger partial charge in [-0.05, 0) is 36.5 Å². The third kappa shape index (κ3) is 2.75. The maximum atomic E-state index is 13.0. The van der Waals surface area contributed by atoms with Gasteiger partial charge in [0.15, 0.2) is 0 Å². The van der Waals surface area contributed by atoms with Gasteiger partial charge in [-0.2, -0.15) is 5.26 Å². The van der Waals surface area contributed by atoms with Gasteiger partial charge in [0.1, 0.15) is 11.9 Å². The molecule has 1 unspecified atom stereocenters. The minimum atomic E-state index is -0.238. The normalized spacial score (nSPS) is 15.4. The number of aromatic nitrogens is 2. The minimum absolute atomic E-state index is 0.0866. The summed E-state index contributed by atoms with van der Waals surface area (Å²) in [6.07, 6.45) is 5.27. The zero-order valence-electron chi connectivity index (χ0n) is 10.8. The lowest BCUT2D eigenvalue weighted by atomic mass is 10.0. The first-order valence-electron chi connectivity index (χ1n) is 6.50. The molecular weight excluding hydrogens is 255 g/mol. The highest BCUT2D eigenvalue weighted by Gasteiger charge is 2.32. The molecule has 2 aromatic rings. The second kappa shape index (κ2) is 5.25. The first-order chi connectivity index (χ1) is 9.76. The molecule has 1 N–H and O–H groups in total. The van der Waals surface area contributed by atoms with Crippen LogP contribution in [0.15, 0.2) is 36.7 Å². The van der Waals surface area contributed by atoms with Crippen LogP contribution < -0.4 is 5.32 Å². The first kappa shape index (κ1) is 12.5. The highest BCUT2D eigenvalue weighted by molar-refractivity contribution is 5.35. The van der Waals surface area contributed by atoms with Crippen molar-refractivity contribution in [3.8, 4) is 6.07 Å². The van der Waals surface area contributed by atoms with Gasteiger partial charge in [-0.15, -0.1) is 0 Å². The first-order valence-corrected chi connectivity index (χ1v) is 6.50. The van der Waals surface area contributed by atoms with Crippen molar-refractivity contribution in [3.63, 3.8) is 0 Å². The molecule has 100 valence electrons. The molecule has 0 bridgehead atoms. The van der Waals surface area contributed by atoms with Crippen molar-refractivity contribution in [2.24, 2.45) is 5.92 Å². The lowest BCUT2D eigenvalue weighted by Crippen LogP contribution is -2.14. The standard InChI is InChI=1S/C15H13FN4/c16-13-5-3-12(4-6-13)14(11-1-2-11)20-15-18-8-10(7-17)9-19-15/h3-6,8-9,11,14H,1-2H2,(H,18,19,20). The van der Waals surface area contributed by atoms with Crippen molar-refractivity contribution in [2.45, 2.75) is 18.9 Å². The molecule has 20 heavy (non-hydrogen) atoms. The lowest BCUT2D eigenvalue weighted by molar-refractivity contribution is 0.622. The van der Waals surface area contributed by atoms with Crippen molar-refractivity contribution in [1.29, 1.82) is 5.26 Å². The molecule has 1 aromatic heterocycles. The number of nitrogens with one attached hydrogen (secondary N) is 1. The Hall–Kier alpha value is -2.48. The van der Waals surface area contributed by atoms with Gasteiger partial charge in [-0.25, -0.2) is 14.4 Å². The van der Waals surface area contributed by atoms with Gasteiger partial charge >= 0.3 is 0 Å². The van der Waals surface area contributed by atoms with E-state index in [1.54, 1.807) is 12.1 Å². The highest BCUT2D eigenvalue weighted by atomic mass is 19.1. The summed E-state index contributed by atoms with van der Waals surface area (Å²) in [4.78, 5) is 8.25. The summed E-state index contributed by atoms with van der Waals surface area (Å²) in [5.74, 6) is 0.780. The monoisotopic (exact) mass is 268 g/mol. The van der Waals surface area contributed by atoms with E-state index in [0.29, 0.717) is 17.4 Å². The number of rotatable bonds is 4. The van der Waals surface area contributed by atoms with Gasteiger partial charge in [0.2, 0.25) is 5.95 Å². The Morgan fingerprint density at radius 2 is 1.85 bits per heavy atom. The maximum Gasteiger partial charge on any atom is 0.223 e. The molecule has 0 amide bonds. The van der Waals surface area contributed by atoms with Crippen LogP contribution in [0.25, 0.3) is 0 Å². The molecule has 1 atom stereocenters. The second-order valence-electron chi connectivity index (χ2n) is 4.92. The molecule has 3 rings (SSSR count). The van der Waals surface area contributed by atoms with Crippen LogP contribution in [0.4, 0.5) is 10.3 Å². The highest BCUT2D eigenvalue weighted by Crippen LogP contribution is 2.42. The van der Waals surface area contributed by atoms with Crippen LogP contribution in [0.1, 0.15) is 30.0 Å². The van der Waals surface area contributed by atoms with Gasteiger partial charge in [0, 0.05) is 0 Å². The molecule has 1 aliphatic rings. The van der Waals surface area contributed by atoms with E-state index in [-0.39, 0.29) is 11.9 Å². The number of halogens is 1. The topological polar surface area (TPSA) is 61.6 Å². The van der Waals surface area contributed by atoms with E-state index >= 15 is 0 Å². The number of anilines is 1. The van der Waals surface area contributed by atoms with E-state index in [0.717, 1.165) is 18.4 Å². The van der Waals surface area contributed by atoms with Gasteiger partial charge < -0.3 is 5.32 Å². The van der Waals surface area contributed by atoms with E-state index in [1.165, 1.54) is 24.5 Å². The molecule has 4 nitrogen and oxygen atoms in total. The average molecular weight is 268 g/mol. The summed E-state index contributed by atoms with van der Waals surface area (Å²) in [6, 6.07) is 8.57. The van der Waals surface area contributed by atoms with Gasteiger partial charge in [-0.1, -0.05) is 12.1 Å². The molecule has 0 spiro atoms. The third-order valence-corrected chi connectivity index (χ3v) is 3.39. The summed E-state index contributed by atoms with van der Waals surface area (Å²) in [6.45, 7) is 0. The van der Waals surface area contributed by atoms with Crippen molar-refractivity contribution in [3.05, 3.63) is 53.6 Å². The van der Waals surface area contributed by atoms with E-state index < -0.39 is 0 Å². The molecule has 1 heterocycles. The van der Waals surface area contributed by atoms with Gasteiger partial charge in [0.05, 0.1) is 24.0 Å². The van der Waals surface area contributed by atoms with Crippen LogP contribution in [0.2, 0.25) is 0 Å². The maximum absolute atomic E-state index is 13.0. The smallest absolute Gasteiger partial charge is 0.223 e. The Kier molecular flexibility index (Phi) is 3.30. The summed E-state index contributed by atoms with van der Waals surface area (Å²) >= 11 is 0. The zero-order valence-corrected chi connectivity index (χ0v) is 10.8. The van der Waals surface area contributed by atoms with E-state index in [2.05, 4.69) is 15.3 Å². The molecule has 0 radical (unpaired) electrons. The lowest BCUT2D eigenvalue weighted by Gasteiger charge is -2.18. The number of nitriles is 1. The fourth-order valence-corrected chi connectivity index (χ4v) is 2.17. The Morgan fingerprint density at radius 3 is 2.40 bits per heavy atom. The Labute approximate surface area is 116 Å². The SMILES string of the molecule is N#Cc1cnc(NC(c2ccc(F)cc2)C2CC2)nc1. The molecule has 0 saturated heterocycles. The molecule has 1 aliphatic carbocycles. The minimum Gasteiger partial charge on any atom is -0.347 e. The van der Waals surface area contributed by atoms with Gasteiger partial charge in [0.25, 0.3) is 0 Å². The largest absolute Gasteiger partial charge is 0.347 e. The summed E-state index contributed by atoms with van der Waals surface area (Å²) < 4.78 is 13.0. The quantitative estimate of drug-likeness (QED) is 0.925. The average Bonchev–Trinajstić information content (AvgIpc) is 3.31. The molecular formula is C15H13FN4. The van der Waals surface area contributed by atoms with Crippen molar-refractivity contribution in [2.75, 3.05) is 5.32 Å². The molecule has 0 aliphatic heterocycles. The zero-order chi connectivity index (χ0) is 13.9. The number of hydrogen-bond donors (Lipinski definition) is 1. The van der Waals surface area contributed by atoms with Crippen molar-refractivity contribution < 1.29 is 4.39 Å². The fraction of sp³-hybridized carbons (Fsp3) is 0.267. The molecule has 5 heteroatoms. The van der Waals surface area contributed by atoms with E-state index in [1.807, 2.05) is 6.07 Å². The summed E-state index contributed by atoms with van der Waals surface area (Å²) in [5, 5.41) is 12.0. The Morgan fingerprint density at radius 1 is 1.20 bits per heavy atom. The van der Waals surface area contributed by atoms with E-state index in [9.17, 15) is 4.39 Å². The number of nitrogens with zero attached hydrogens (tertiary/aromatic N) is 3. The Balaban J connectivity index is 1.80. The van der Waals surface area contributed by atoms with Crippen LogP contribution in [0, 0.1) is 23.1 Å². The molecule has 1 saturated carbocycles. The van der Waals surface area contributed by atoms with Crippen LogP contribution in [-0.2, 0) is 0 Å². The molecule has 1 aromatic carbocycles. The second-order valence-corrected chi connectivity index (χ2v) is 4.92. The Bertz CT molecular complexity index is 626. The van der Waals surface area contributed by atoms with E-state index in [4.69, 9.17) is 5.26 Å². The summed E-state index contributed by atoms with van der Waals surface area (Å²) in [5.41, 5.74) is 1.46. The van der Waals surface area contributed by atoms with Crippen LogP contribution in [0.3, 0.4) is 0 Å². The van der Waals surface area contributed by atoms with Crippen molar-refractivity contribution >= 4 is 5.95 Å². The van der Waals surface area contributed by atoms with Crippen LogP contribution in [-0.4, -0.2) is 9.97 Å². The predicted octanol–water partition coefficient (Wildman–Crippen LogP) is 3.05. The van der Waals surface area contributed by atoms with Crippen LogP contribution in [0.5, 0.6) is 0 Å². The third-order valence-electron chi connectivity index (χ3n) is 3.39. The number of benzene rings is 1. The fourth-order valence-electron chi connectivity index (χ4n) is 2.17. The van der Waals surface area contributed by atoms with Crippen LogP contribution >= 0.6 is 0 Å². The number of hydrogen-bond acceptors (Lipinski definition) is 4. The summed E-state index contributed by atoms with van der Waals surface area (Å²) in [7, 11) is 0. The van der Waals surface area contributed by atoms with Crippen molar-refractivity contribution in [1.82, 2.24) is 9.97 Å². The predicted molar refractivity (Wildman–Crippen MR) is 72.2 cm³/mol.